The van der Waals surface area contributed by atoms with E-state index in [2.05, 4.69) is 25.6 Å². The fourth-order valence-corrected chi connectivity index (χ4v) is 4.47. The minimum absolute atomic E-state index is 0.102. The molecule has 39 heavy (non-hydrogen) atoms. The summed E-state index contributed by atoms with van der Waals surface area (Å²) in [5.41, 5.74) is 8.12. The molecule has 3 aromatic carbocycles. The number of imidazole rings is 1. The van der Waals surface area contributed by atoms with Gasteiger partial charge in [0.05, 0.1) is 22.5 Å². The first-order valence-corrected chi connectivity index (χ1v) is 12.0. The zero-order valence-corrected chi connectivity index (χ0v) is 20.8. The van der Waals surface area contributed by atoms with Crippen molar-refractivity contribution < 1.29 is 22.8 Å². The number of halogens is 3. The number of aromatic nitrogens is 2. The number of nitro groups is 1. The van der Waals surface area contributed by atoms with Crippen LogP contribution in [0.25, 0.3) is 16.9 Å². The molecule has 198 valence electrons. The van der Waals surface area contributed by atoms with Crippen LogP contribution in [0.15, 0.2) is 78.2 Å². The quantitative estimate of drug-likeness (QED) is 0.135. The zero-order valence-electron chi connectivity index (χ0n) is 20.0. The van der Waals surface area contributed by atoms with Crippen LogP contribution in [0.1, 0.15) is 16.8 Å². The Kier molecular flexibility index (Phi) is 6.98. The summed E-state index contributed by atoms with van der Waals surface area (Å²) in [5, 5.41) is 18.1. The molecule has 0 amide bonds. The lowest BCUT2D eigenvalue weighted by Crippen LogP contribution is -2.24. The number of nitro benzene ring substituents is 1. The minimum atomic E-state index is -4.74. The molecule has 9 nitrogen and oxygen atoms in total. The van der Waals surface area contributed by atoms with Crippen LogP contribution in [0.3, 0.4) is 0 Å². The number of benzene rings is 3. The fraction of sp³-hybridized carbons (Fsp3) is 0.115. The van der Waals surface area contributed by atoms with Crippen molar-refractivity contribution >= 4 is 34.9 Å². The third-order valence-corrected chi connectivity index (χ3v) is 6.15. The van der Waals surface area contributed by atoms with Gasteiger partial charge < -0.3 is 14.6 Å². The van der Waals surface area contributed by atoms with Crippen LogP contribution in [-0.4, -0.2) is 32.2 Å². The van der Waals surface area contributed by atoms with E-state index < -0.39 is 11.3 Å². The SMILES string of the molecule is O=[N+]([O-])c1ccccc1NC(=S)N/N=C/c1ccc2c(c1)CCc1c-2ncn1-c1ccc(OC(F)(F)F)cc1. The van der Waals surface area contributed by atoms with Gasteiger partial charge in [-0.1, -0.05) is 24.3 Å². The second-order valence-corrected chi connectivity index (χ2v) is 8.87. The highest BCUT2D eigenvalue weighted by atomic mass is 32.1. The molecule has 0 bridgehead atoms. The Morgan fingerprint density at radius 2 is 1.90 bits per heavy atom. The molecular formula is C26H19F3N6O3S. The highest BCUT2D eigenvalue weighted by Crippen LogP contribution is 2.34. The molecule has 5 rings (SSSR count). The van der Waals surface area contributed by atoms with Gasteiger partial charge in [0.1, 0.15) is 17.8 Å². The lowest BCUT2D eigenvalue weighted by atomic mass is 9.91. The lowest BCUT2D eigenvalue weighted by molar-refractivity contribution is -0.383. The van der Waals surface area contributed by atoms with Crippen LogP contribution in [0.5, 0.6) is 5.75 Å². The summed E-state index contributed by atoms with van der Waals surface area (Å²) in [6, 6.07) is 17.6. The number of nitrogens with one attached hydrogen (secondary N) is 2. The molecule has 1 aliphatic rings. The molecule has 1 aromatic heterocycles. The number of hydrogen-bond donors (Lipinski definition) is 2. The number of anilines is 1. The number of nitrogens with zero attached hydrogens (tertiary/aromatic N) is 4. The van der Waals surface area contributed by atoms with E-state index in [4.69, 9.17) is 12.2 Å². The third-order valence-electron chi connectivity index (χ3n) is 5.96. The number of ether oxygens (including phenoxy) is 1. The molecule has 0 atom stereocenters. The Morgan fingerprint density at radius 3 is 2.64 bits per heavy atom. The Morgan fingerprint density at radius 1 is 1.13 bits per heavy atom. The summed E-state index contributed by atoms with van der Waals surface area (Å²) in [6.07, 6.45) is -0.0783. The fourth-order valence-electron chi connectivity index (χ4n) is 4.31. The average molecular weight is 553 g/mol. The van der Waals surface area contributed by atoms with Crippen molar-refractivity contribution in [2.24, 2.45) is 5.10 Å². The van der Waals surface area contributed by atoms with Crippen molar-refractivity contribution in [1.29, 1.82) is 0 Å². The van der Waals surface area contributed by atoms with Gasteiger partial charge in [-0.15, -0.1) is 13.2 Å². The molecule has 2 N–H and O–H groups in total. The second kappa shape index (κ2) is 10.5. The third kappa shape index (κ3) is 5.88. The topological polar surface area (TPSA) is 107 Å². The maximum absolute atomic E-state index is 12.5. The van der Waals surface area contributed by atoms with Gasteiger partial charge in [-0.05, 0) is 72.6 Å². The normalized spacial score (nSPS) is 12.5. The Labute approximate surface area is 225 Å². The van der Waals surface area contributed by atoms with Crippen molar-refractivity contribution in [2.45, 2.75) is 19.2 Å². The summed E-state index contributed by atoms with van der Waals surface area (Å²) in [5.74, 6) is -0.285. The predicted octanol–water partition coefficient (Wildman–Crippen LogP) is 5.77. The molecule has 1 heterocycles. The van der Waals surface area contributed by atoms with Crippen LogP contribution >= 0.6 is 12.2 Å². The van der Waals surface area contributed by atoms with E-state index in [0.717, 1.165) is 34.5 Å². The van der Waals surface area contributed by atoms with Gasteiger partial charge in [-0.3, -0.25) is 15.5 Å². The van der Waals surface area contributed by atoms with E-state index in [1.807, 2.05) is 22.8 Å². The lowest BCUT2D eigenvalue weighted by Gasteiger charge is -2.18. The number of hydrogen-bond acceptors (Lipinski definition) is 6. The highest BCUT2D eigenvalue weighted by molar-refractivity contribution is 7.80. The predicted molar refractivity (Wildman–Crippen MR) is 143 cm³/mol. The number of alkyl halides is 3. The standard InChI is InChI=1S/C26H19F3N6O3S/c27-26(28,29)38-19-9-7-18(8-10-19)34-15-30-24-20-11-5-16(13-17(20)6-12-23(24)34)14-31-33-25(39)32-21-3-1-2-4-22(21)35(36)37/h1-5,7-11,13-15H,6,12H2,(H2,32,33,39)/b31-14+. The van der Waals surface area contributed by atoms with Crippen LogP contribution in [0, 0.1) is 10.1 Å². The molecule has 0 fully saturated rings. The number of aryl methyl sites for hydroxylation is 1. The van der Waals surface area contributed by atoms with Crippen LogP contribution in [-0.2, 0) is 12.8 Å². The molecular weight excluding hydrogens is 533 g/mol. The van der Waals surface area contributed by atoms with Crippen LogP contribution < -0.4 is 15.5 Å². The van der Waals surface area contributed by atoms with E-state index in [1.165, 1.54) is 18.2 Å². The average Bonchev–Trinajstić information content (AvgIpc) is 3.33. The number of fused-ring (bicyclic) bond motifs is 3. The Bertz CT molecular complexity index is 1580. The van der Waals surface area contributed by atoms with Crippen molar-refractivity contribution in [3.05, 3.63) is 100.0 Å². The van der Waals surface area contributed by atoms with E-state index in [0.29, 0.717) is 12.1 Å². The maximum Gasteiger partial charge on any atom is 0.573 e. The highest BCUT2D eigenvalue weighted by Gasteiger charge is 2.31. The van der Waals surface area contributed by atoms with Crippen molar-refractivity contribution in [3.8, 4) is 22.7 Å². The molecule has 0 aliphatic heterocycles. The molecule has 4 aromatic rings. The molecule has 0 saturated heterocycles. The van der Waals surface area contributed by atoms with Gasteiger partial charge in [-0.2, -0.15) is 5.10 Å². The maximum atomic E-state index is 12.5. The molecule has 0 unspecified atom stereocenters. The summed E-state index contributed by atoms with van der Waals surface area (Å²) < 4.78 is 43.2. The van der Waals surface area contributed by atoms with Gasteiger partial charge in [0.15, 0.2) is 5.11 Å². The smallest absolute Gasteiger partial charge is 0.406 e. The largest absolute Gasteiger partial charge is 0.573 e. The van der Waals surface area contributed by atoms with Gasteiger partial charge in [-0.25, -0.2) is 4.98 Å². The molecule has 0 radical (unpaired) electrons. The van der Waals surface area contributed by atoms with Crippen molar-refractivity contribution in [3.63, 3.8) is 0 Å². The number of hydrazone groups is 1. The van der Waals surface area contributed by atoms with E-state index >= 15 is 0 Å². The number of rotatable bonds is 6. The van der Waals surface area contributed by atoms with Crippen LogP contribution in [0.2, 0.25) is 0 Å². The summed E-state index contributed by atoms with van der Waals surface area (Å²) in [7, 11) is 0. The van der Waals surface area contributed by atoms with Gasteiger partial charge in [0, 0.05) is 17.3 Å². The van der Waals surface area contributed by atoms with E-state index in [-0.39, 0.29) is 22.2 Å². The van der Waals surface area contributed by atoms with Crippen molar-refractivity contribution in [2.75, 3.05) is 5.32 Å². The van der Waals surface area contributed by atoms with E-state index in [9.17, 15) is 23.3 Å². The summed E-state index contributed by atoms with van der Waals surface area (Å²) >= 11 is 5.19. The van der Waals surface area contributed by atoms with Crippen molar-refractivity contribution in [1.82, 2.24) is 15.0 Å². The first-order chi connectivity index (χ1) is 18.7. The molecule has 0 saturated carbocycles. The van der Waals surface area contributed by atoms with Crippen LogP contribution in [0.4, 0.5) is 24.5 Å². The number of thiocarbonyl (C=S) groups is 1. The molecule has 13 heteroatoms. The first kappa shape index (κ1) is 25.9. The number of para-hydroxylation sites is 2. The monoisotopic (exact) mass is 552 g/mol. The Hall–Kier alpha value is -4.78. The summed E-state index contributed by atoms with van der Waals surface area (Å²) in [4.78, 5) is 15.2. The van der Waals surface area contributed by atoms with Gasteiger partial charge >= 0.3 is 6.36 Å². The second-order valence-electron chi connectivity index (χ2n) is 8.47. The first-order valence-electron chi connectivity index (χ1n) is 11.6. The Balaban J connectivity index is 1.27. The van der Waals surface area contributed by atoms with Gasteiger partial charge in [0.25, 0.3) is 5.69 Å². The van der Waals surface area contributed by atoms with Gasteiger partial charge in [0.2, 0.25) is 0 Å². The zero-order chi connectivity index (χ0) is 27.6. The minimum Gasteiger partial charge on any atom is -0.406 e. The molecule has 0 spiro atoms. The van der Waals surface area contributed by atoms with E-state index in [1.54, 1.807) is 42.9 Å². The molecule has 1 aliphatic carbocycles. The summed E-state index contributed by atoms with van der Waals surface area (Å²) in [6.45, 7) is 0.